The first kappa shape index (κ1) is 7.84. The van der Waals surface area contributed by atoms with Crippen LogP contribution in [0.5, 0.6) is 0 Å². The number of aliphatic hydroxyl groups is 1. The van der Waals surface area contributed by atoms with Gasteiger partial charge in [0, 0.05) is 6.42 Å². The van der Waals surface area contributed by atoms with Crippen molar-refractivity contribution in [3.8, 4) is 0 Å². The van der Waals surface area contributed by atoms with Gasteiger partial charge in [-0.05, 0) is 0 Å². The predicted octanol–water partition coefficient (Wildman–Crippen LogP) is -0.558. The Balaban J connectivity index is 2.00. The number of carboxylic acids is 1. The van der Waals surface area contributed by atoms with Crippen LogP contribution < -0.4 is 5.32 Å². The summed E-state index contributed by atoms with van der Waals surface area (Å²) in [7, 11) is 0. The van der Waals surface area contributed by atoms with Crippen LogP contribution in [0, 0.1) is 0 Å². The second kappa shape index (κ2) is 3.23. The van der Waals surface area contributed by atoms with Crippen LogP contribution in [0.1, 0.15) is 6.42 Å². The Labute approximate surface area is 62.6 Å². The van der Waals surface area contributed by atoms with E-state index in [1.54, 1.807) is 0 Å². The summed E-state index contributed by atoms with van der Waals surface area (Å²) in [5, 5.41) is 19.8. The van der Waals surface area contributed by atoms with Gasteiger partial charge < -0.3 is 10.2 Å². The Hall–Kier alpha value is -0.260. The summed E-state index contributed by atoms with van der Waals surface area (Å²) < 4.78 is 0. The van der Waals surface area contributed by atoms with E-state index in [2.05, 4.69) is 5.32 Å². The van der Waals surface area contributed by atoms with E-state index in [0.717, 1.165) is 0 Å². The van der Waals surface area contributed by atoms with Crippen LogP contribution in [0.4, 0.5) is 0 Å². The molecule has 0 spiro atoms. The molecule has 1 heterocycles. The lowest BCUT2D eigenvalue weighted by atomic mass is 10.2. The molecular formula is C5H9NO3S. The molecule has 0 aromatic carbocycles. The summed E-state index contributed by atoms with van der Waals surface area (Å²) in [6.45, 7) is 0. The van der Waals surface area contributed by atoms with Gasteiger partial charge in [0.15, 0.2) is 0 Å². The van der Waals surface area contributed by atoms with E-state index in [0.29, 0.717) is 6.42 Å². The molecule has 3 N–H and O–H groups in total. The van der Waals surface area contributed by atoms with Gasteiger partial charge in [-0.2, -0.15) is 0 Å². The number of rotatable bonds is 3. The molecule has 1 fully saturated rings. The SMILES string of the molecule is O=C(O)CSC1CC(O)N1. The zero-order valence-corrected chi connectivity index (χ0v) is 6.10. The number of thioether (sulfide) groups is 1. The number of aliphatic hydroxyl groups excluding tert-OH is 1. The molecule has 0 aromatic heterocycles. The second-order valence-corrected chi connectivity index (χ2v) is 3.30. The lowest BCUT2D eigenvalue weighted by molar-refractivity contribution is -0.133. The van der Waals surface area contributed by atoms with Gasteiger partial charge >= 0.3 is 5.97 Å². The summed E-state index contributed by atoms with van der Waals surface area (Å²) in [4.78, 5) is 10.0. The fourth-order valence-corrected chi connectivity index (χ4v) is 1.60. The topological polar surface area (TPSA) is 69.6 Å². The van der Waals surface area contributed by atoms with Gasteiger partial charge in [0.2, 0.25) is 0 Å². The van der Waals surface area contributed by atoms with Gasteiger partial charge in [0.1, 0.15) is 6.23 Å². The van der Waals surface area contributed by atoms with Crippen molar-refractivity contribution in [2.75, 3.05) is 5.75 Å². The molecule has 1 rings (SSSR count). The first-order valence-electron chi connectivity index (χ1n) is 2.96. The third kappa shape index (κ3) is 2.17. The minimum absolute atomic E-state index is 0.102. The maximum absolute atomic E-state index is 10.0. The minimum atomic E-state index is -0.812. The largest absolute Gasteiger partial charge is 0.481 e. The minimum Gasteiger partial charge on any atom is -0.481 e. The van der Waals surface area contributed by atoms with E-state index in [-0.39, 0.29) is 11.1 Å². The Bertz CT molecular complexity index is 135. The van der Waals surface area contributed by atoms with Crippen molar-refractivity contribution in [2.24, 2.45) is 0 Å². The van der Waals surface area contributed by atoms with Crippen molar-refractivity contribution in [3.05, 3.63) is 0 Å². The van der Waals surface area contributed by atoms with Gasteiger partial charge in [-0.3, -0.25) is 10.1 Å². The fourth-order valence-electron chi connectivity index (χ4n) is 0.681. The molecule has 1 saturated heterocycles. The van der Waals surface area contributed by atoms with Crippen molar-refractivity contribution in [3.63, 3.8) is 0 Å². The molecule has 0 aromatic rings. The smallest absolute Gasteiger partial charge is 0.313 e. The maximum atomic E-state index is 10.0. The number of aliphatic carboxylic acids is 1. The van der Waals surface area contributed by atoms with E-state index >= 15 is 0 Å². The van der Waals surface area contributed by atoms with E-state index in [1.807, 2.05) is 0 Å². The van der Waals surface area contributed by atoms with Crippen LogP contribution >= 0.6 is 11.8 Å². The van der Waals surface area contributed by atoms with Gasteiger partial charge in [-0.25, -0.2) is 0 Å². The summed E-state index contributed by atoms with van der Waals surface area (Å²) in [6, 6.07) is 0. The molecular weight excluding hydrogens is 154 g/mol. The summed E-state index contributed by atoms with van der Waals surface area (Å²) in [6.07, 6.45) is 0.226. The van der Waals surface area contributed by atoms with Gasteiger partial charge in [-0.15, -0.1) is 11.8 Å². The first-order valence-corrected chi connectivity index (χ1v) is 4.01. The summed E-state index contributed by atoms with van der Waals surface area (Å²) in [5.41, 5.74) is 0. The highest BCUT2D eigenvalue weighted by Gasteiger charge is 2.26. The normalized spacial score (nSPS) is 31.3. The van der Waals surface area contributed by atoms with E-state index in [4.69, 9.17) is 10.2 Å². The molecule has 0 radical (unpaired) electrons. The number of nitrogens with one attached hydrogen (secondary N) is 1. The summed E-state index contributed by atoms with van der Waals surface area (Å²) >= 11 is 1.30. The van der Waals surface area contributed by atoms with Crippen LogP contribution in [0.25, 0.3) is 0 Å². The standard InChI is InChI=1S/C5H9NO3S/c7-3-1-4(6-3)10-2-5(8)9/h3-4,6-7H,1-2H2,(H,8,9). The molecule has 0 aliphatic carbocycles. The van der Waals surface area contributed by atoms with Crippen molar-refractivity contribution in [1.29, 1.82) is 0 Å². The Kier molecular flexibility index (Phi) is 2.53. The van der Waals surface area contributed by atoms with E-state index in [9.17, 15) is 4.79 Å². The fraction of sp³-hybridized carbons (Fsp3) is 0.800. The van der Waals surface area contributed by atoms with Crippen molar-refractivity contribution in [2.45, 2.75) is 18.0 Å². The van der Waals surface area contributed by atoms with Crippen molar-refractivity contribution >= 4 is 17.7 Å². The highest BCUT2D eigenvalue weighted by Crippen LogP contribution is 2.20. The monoisotopic (exact) mass is 163 g/mol. The van der Waals surface area contributed by atoms with Crippen molar-refractivity contribution < 1.29 is 15.0 Å². The van der Waals surface area contributed by atoms with Crippen LogP contribution in [0.15, 0.2) is 0 Å². The lowest BCUT2D eigenvalue weighted by Crippen LogP contribution is -2.50. The van der Waals surface area contributed by atoms with E-state index < -0.39 is 12.2 Å². The lowest BCUT2D eigenvalue weighted by Gasteiger charge is -2.32. The van der Waals surface area contributed by atoms with Crippen molar-refractivity contribution in [1.82, 2.24) is 5.32 Å². The molecule has 4 nitrogen and oxygen atoms in total. The van der Waals surface area contributed by atoms with Gasteiger partial charge in [-0.1, -0.05) is 0 Å². The molecule has 2 atom stereocenters. The van der Waals surface area contributed by atoms with E-state index in [1.165, 1.54) is 11.8 Å². The van der Waals surface area contributed by atoms with Crippen LogP contribution in [-0.4, -0.2) is 33.5 Å². The molecule has 0 amide bonds. The third-order valence-corrected chi connectivity index (χ3v) is 2.37. The maximum Gasteiger partial charge on any atom is 0.313 e. The Morgan fingerprint density at radius 3 is 2.80 bits per heavy atom. The molecule has 58 valence electrons. The average molecular weight is 163 g/mol. The zero-order valence-electron chi connectivity index (χ0n) is 5.28. The Morgan fingerprint density at radius 1 is 1.80 bits per heavy atom. The Morgan fingerprint density at radius 2 is 2.40 bits per heavy atom. The quantitative estimate of drug-likeness (QED) is 0.520. The molecule has 10 heavy (non-hydrogen) atoms. The second-order valence-electron chi connectivity index (χ2n) is 2.11. The first-order chi connectivity index (χ1) is 4.68. The number of hydrogen-bond donors (Lipinski definition) is 3. The van der Waals surface area contributed by atoms with Gasteiger partial charge in [0.05, 0.1) is 11.1 Å². The third-order valence-electron chi connectivity index (χ3n) is 1.22. The molecule has 1 aliphatic heterocycles. The average Bonchev–Trinajstić information content (AvgIpc) is 1.77. The molecule has 1 aliphatic rings. The number of carboxylic acid groups (broad SMARTS) is 1. The number of carbonyl (C=O) groups is 1. The zero-order chi connectivity index (χ0) is 7.56. The van der Waals surface area contributed by atoms with Gasteiger partial charge in [0.25, 0.3) is 0 Å². The summed E-state index contributed by atoms with van der Waals surface area (Å²) in [5.74, 6) is -0.710. The highest BCUT2D eigenvalue weighted by molar-refractivity contribution is 8.00. The van der Waals surface area contributed by atoms with Crippen LogP contribution in [0.2, 0.25) is 0 Å². The number of hydrogen-bond acceptors (Lipinski definition) is 4. The highest BCUT2D eigenvalue weighted by atomic mass is 32.2. The molecule has 0 saturated carbocycles. The predicted molar refractivity (Wildman–Crippen MR) is 37.6 cm³/mol. The molecule has 5 heteroatoms. The van der Waals surface area contributed by atoms with Crippen LogP contribution in [0.3, 0.4) is 0 Å². The molecule has 0 bridgehead atoms. The molecule has 2 unspecified atom stereocenters. The van der Waals surface area contributed by atoms with Crippen LogP contribution in [-0.2, 0) is 4.79 Å².